The molecular formula is C9H16N2O4. The van der Waals surface area contributed by atoms with Crippen LogP contribution < -0.4 is 0 Å². The van der Waals surface area contributed by atoms with E-state index in [9.17, 15) is 9.59 Å². The molecule has 0 spiro atoms. The topological polar surface area (TPSA) is 81.1 Å². The van der Waals surface area contributed by atoms with Crippen LogP contribution in [-0.4, -0.2) is 71.2 Å². The fraction of sp³-hybridized carbons (Fsp3) is 0.778. The minimum Gasteiger partial charge on any atom is -0.479 e. The summed E-state index contributed by atoms with van der Waals surface area (Å²) in [4.78, 5) is 25.2. The highest BCUT2D eigenvalue weighted by molar-refractivity contribution is 5.78. The Balaban J connectivity index is 2.48. The van der Waals surface area contributed by atoms with Crippen molar-refractivity contribution in [1.29, 1.82) is 0 Å². The van der Waals surface area contributed by atoms with E-state index in [1.165, 1.54) is 0 Å². The van der Waals surface area contributed by atoms with E-state index in [1.807, 2.05) is 0 Å². The number of hydrogen-bond acceptors (Lipinski definition) is 4. The first-order chi connectivity index (χ1) is 7.00. The molecule has 1 atom stereocenters. The van der Waals surface area contributed by atoms with E-state index < -0.39 is 12.1 Å². The fourth-order valence-electron chi connectivity index (χ4n) is 1.53. The van der Waals surface area contributed by atoms with Crippen LogP contribution in [0.15, 0.2) is 0 Å². The Kier molecular flexibility index (Phi) is 4.05. The normalized spacial score (nSPS) is 21.2. The molecule has 1 heterocycles. The number of carbonyl (C=O) groups excluding carboxylic acids is 1. The first kappa shape index (κ1) is 11.9. The van der Waals surface area contributed by atoms with Crippen LogP contribution in [0.2, 0.25) is 0 Å². The molecule has 1 rings (SSSR count). The van der Waals surface area contributed by atoms with Crippen molar-refractivity contribution in [2.45, 2.75) is 12.5 Å². The van der Waals surface area contributed by atoms with Crippen LogP contribution in [0, 0.1) is 0 Å². The zero-order valence-corrected chi connectivity index (χ0v) is 8.72. The fourth-order valence-corrected chi connectivity index (χ4v) is 1.53. The molecule has 6 heteroatoms. The summed E-state index contributed by atoms with van der Waals surface area (Å²) in [6.45, 7) is 1.51. The van der Waals surface area contributed by atoms with Gasteiger partial charge in [0.1, 0.15) is 0 Å². The monoisotopic (exact) mass is 216 g/mol. The molecule has 0 aromatic heterocycles. The Labute approximate surface area is 88.1 Å². The average molecular weight is 216 g/mol. The maximum atomic E-state index is 11.4. The molecule has 1 amide bonds. The largest absolute Gasteiger partial charge is 0.479 e. The number of aliphatic hydroxyl groups excluding tert-OH is 1. The SMILES string of the molecule is CN1CCCN(CC(O)C(=O)O)CC1=O. The second-order valence-corrected chi connectivity index (χ2v) is 3.76. The molecule has 6 nitrogen and oxygen atoms in total. The summed E-state index contributed by atoms with van der Waals surface area (Å²) in [6.07, 6.45) is -0.615. The summed E-state index contributed by atoms with van der Waals surface area (Å²) in [5.74, 6) is -1.29. The summed E-state index contributed by atoms with van der Waals surface area (Å²) in [6, 6.07) is 0. The number of amides is 1. The van der Waals surface area contributed by atoms with Crippen LogP contribution in [0.5, 0.6) is 0 Å². The molecule has 15 heavy (non-hydrogen) atoms. The van der Waals surface area contributed by atoms with Crippen molar-refractivity contribution in [1.82, 2.24) is 9.80 Å². The van der Waals surface area contributed by atoms with Gasteiger partial charge in [0.2, 0.25) is 5.91 Å². The summed E-state index contributed by atoms with van der Waals surface area (Å²) in [5.41, 5.74) is 0. The molecule has 1 aliphatic heterocycles. The van der Waals surface area contributed by atoms with Gasteiger partial charge in [0.25, 0.3) is 0 Å². The highest BCUT2D eigenvalue weighted by Crippen LogP contribution is 2.03. The van der Waals surface area contributed by atoms with Gasteiger partial charge in [-0.15, -0.1) is 0 Å². The van der Waals surface area contributed by atoms with Gasteiger partial charge in [-0.25, -0.2) is 4.79 Å². The minimum atomic E-state index is -1.42. The number of aliphatic hydroxyl groups is 1. The van der Waals surface area contributed by atoms with E-state index >= 15 is 0 Å². The number of likely N-dealkylation sites (N-methyl/N-ethyl adjacent to an activating group) is 1. The van der Waals surface area contributed by atoms with Gasteiger partial charge in [0, 0.05) is 26.7 Å². The van der Waals surface area contributed by atoms with Crippen LogP contribution in [0.25, 0.3) is 0 Å². The molecule has 0 aromatic carbocycles. The second kappa shape index (κ2) is 5.09. The van der Waals surface area contributed by atoms with Gasteiger partial charge in [-0.1, -0.05) is 0 Å². The third-order valence-corrected chi connectivity index (χ3v) is 2.47. The number of carboxylic acids is 1. The molecule has 86 valence electrons. The van der Waals surface area contributed by atoms with Crippen molar-refractivity contribution in [2.75, 3.05) is 33.2 Å². The van der Waals surface area contributed by atoms with Gasteiger partial charge in [0.15, 0.2) is 6.10 Å². The summed E-state index contributed by atoms with van der Waals surface area (Å²) < 4.78 is 0. The van der Waals surface area contributed by atoms with Crippen molar-refractivity contribution < 1.29 is 19.8 Å². The number of hydrogen-bond donors (Lipinski definition) is 2. The Morgan fingerprint density at radius 2 is 2.20 bits per heavy atom. The van der Waals surface area contributed by atoms with Crippen molar-refractivity contribution in [3.05, 3.63) is 0 Å². The predicted octanol–water partition coefficient (Wildman–Crippen LogP) is -1.40. The molecule has 1 unspecified atom stereocenters. The third-order valence-electron chi connectivity index (χ3n) is 2.47. The highest BCUT2D eigenvalue weighted by Gasteiger charge is 2.23. The molecule has 0 bridgehead atoms. The van der Waals surface area contributed by atoms with Crippen molar-refractivity contribution >= 4 is 11.9 Å². The van der Waals surface area contributed by atoms with Gasteiger partial charge in [-0.05, 0) is 6.42 Å². The maximum absolute atomic E-state index is 11.4. The molecule has 0 saturated carbocycles. The molecular weight excluding hydrogens is 200 g/mol. The second-order valence-electron chi connectivity index (χ2n) is 3.76. The lowest BCUT2D eigenvalue weighted by molar-refractivity contribution is -0.148. The van der Waals surface area contributed by atoms with Crippen LogP contribution >= 0.6 is 0 Å². The van der Waals surface area contributed by atoms with E-state index in [-0.39, 0.29) is 19.0 Å². The Morgan fingerprint density at radius 3 is 2.80 bits per heavy atom. The maximum Gasteiger partial charge on any atom is 0.333 e. The molecule has 2 N–H and O–H groups in total. The molecule has 1 aliphatic rings. The van der Waals surface area contributed by atoms with Crippen LogP contribution in [0.1, 0.15) is 6.42 Å². The van der Waals surface area contributed by atoms with Gasteiger partial charge < -0.3 is 15.1 Å². The lowest BCUT2D eigenvalue weighted by Gasteiger charge is -2.20. The van der Waals surface area contributed by atoms with E-state index in [0.717, 1.165) is 6.42 Å². The van der Waals surface area contributed by atoms with Crippen molar-refractivity contribution in [3.63, 3.8) is 0 Å². The Bertz CT molecular complexity index is 256. The van der Waals surface area contributed by atoms with E-state index in [2.05, 4.69) is 0 Å². The minimum absolute atomic E-state index is 0.00884. The zero-order chi connectivity index (χ0) is 11.4. The molecule has 0 aliphatic carbocycles. The Hall–Kier alpha value is -1.14. The number of nitrogens with zero attached hydrogens (tertiary/aromatic N) is 2. The third kappa shape index (κ3) is 3.49. The number of carboxylic acid groups (broad SMARTS) is 1. The van der Waals surface area contributed by atoms with E-state index in [4.69, 9.17) is 10.2 Å². The van der Waals surface area contributed by atoms with Crippen molar-refractivity contribution in [2.24, 2.45) is 0 Å². The van der Waals surface area contributed by atoms with Crippen LogP contribution in [0.4, 0.5) is 0 Å². The lowest BCUT2D eigenvalue weighted by atomic mass is 10.3. The number of β-amino-alcohol motifs (C(OH)–C–C–N with tert-alkyl or cyclic N) is 1. The van der Waals surface area contributed by atoms with E-state index in [1.54, 1.807) is 16.8 Å². The summed E-state index contributed by atoms with van der Waals surface area (Å²) in [5, 5.41) is 17.7. The predicted molar refractivity (Wildman–Crippen MR) is 52.3 cm³/mol. The summed E-state index contributed by atoms with van der Waals surface area (Å²) in [7, 11) is 1.72. The standard InChI is InChI=1S/C9H16N2O4/c1-10-3-2-4-11(6-8(10)13)5-7(12)9(14)15/h7,12H,2-6H2,1H3,(H,14,15). The molecule has 0 aromatic rings. The van der Waals surface area contributed by atoms with Gasteiger partial charge in [-0.3, -0.25) is 9.69 Å². The quantitative estimate of drug-likeness (QED) is 0.606. The number of rotatable bonds is 3. The molecule has 0 radical (unpaired) electrons. The van der Waals surface area contributed by atoms with Crippen LogP contribution in [0.3, 0.4) is 0 Å². The number of aliphatic carboxylic acids is 1. The van der Waals surface area contributed by atoms with Gasteiger partial charge >= 0.3 is 5.97 Å². The zero-order valence-electron chi connectivity index (χ0n) is 8.72. The van der Waals surface area contributed by atoms with Crippen molar-refractivity contribution in [3.8, 4) is 0 Å². The van der Waals surface area contributed by atoms with Gasteiger partial charge in [-0.2, -0.15) is 0 Å². The summed E-state index contributed by atoms with van der Waals surface area (Å²) >= 11 is 0. The Morgan fingerprint density at radius 1 is 1.53 bits per heavy atom. The van der Waals surface area contributed by atoms with Crippen LogP contribution in [-0.2, 0) is 9.59 Å². The first-order valence-corrected chi connectivity index (χ1v) is 4.88. The first-order valence-electron chi connectivity index (χ1n) is 4.88. The van der Waals surface area contributed by atoms with E-state index in [0.29, 0.717) is 13.1 Å². The number of carbonyl (C=O) groups is 2. The van der Waals surface area contributed by atoms with Gasteiger partial charge in [0.05, 0.1) is 6.54 Å². The lowest BCUT2D eigenvalue weighted by Crippen LogP contribution is -2.40. The molecule has 1 saturated heterocycles. The highest BCUT2D eigenvalue weighted by atomic mass is 16.4. The average Bonchev–Trinajstić information content (AvgIpc) is 2.29. The smallest absolute Gasteiger partial charge is 0.333 e. The molecule has 1 fully saturated rings.